The molecule has 0 aliphatic heterocycles. The lowest BCUT2D eigenvalue weighted by Gasteiger charge is -2.03. The van der Waals surface area contributed by atoms with Gasteiger partial charge in [0.15, 0.2) is 5.82 Å². The Bertz CT molecular complexity index is 686. The fourth-order valence-electron chi connectivity index (χ4n) is 1.72. The van der Waals surface area contributed by atoms with Gasteiger partial charge in [0.05, 0.1) is 16.8 Å². The van der Waals surface area contributed by atoms with Crippen LogP contribution in [0.1, 0.15) is 11.4 Å². The van der Waals surface area contributed by atoms with Crippen LogP contribution in [0.25, 0.3) is 10.2 Å². The third-order valence-corrected chi connectivity index (χ3v) is 3.69. The minimum absolute atomic E-state index is 0.559. The number of nitrogens with one attached hydrogen (secondary N) is 1. The van der Waals surface area contributed by atoms with Crippen LogP contribution in [0.2, 0.25) is 0 Å². The molecule has 0 aliphatic rings. The third kappa shape index (κ3) is 1.92. The molecule has 0 unspecified atom stereocenters. The van der Waals surface area contributed by atoms with E-state index in [4.69, 9.17) is 0 Å². The molecule has 0 saturated carbocycles. The Morgan fingerprint density at radius 1 is 1.33 bits per heavy atom. The van der Waals surface area contributed by atoms with Crippen LogP contribution in [0.15, 0.2) is 18.0 Å². The van der Waals surface area contributed by atoms with Crippen molar-refractivity contribution in [2.75, 3.05) is 5.32 Å². The van der Waals surface area contributed by atoms with E-state index in [1.54, 1.807) is 28.7 Å². The SMILES string of the molecule is Cc1csc2c(NCc3ncn(C)n3)ncnc12. The summed E-state index contributed by atoms with van der Waals surface area (Å²) in [6.45, 7) is 2.61. The van der Waals surface area contributed by atoms with E-state index in [1.807, 2.05) is 7.05 Å². The monoisotopic (exact) mass is 260 g/mol. The highest BCUT2D eigenvalue weighted by molar-refractivity contribution is 7.18. The number of anilines is 1. The van der Waals surface area contributed by atoms with E-state index < -0.39 is 0 Å². The molecule has 18 heavy (non-hydrogen) atoms. The van der Waals surface area contributed by atoms with Crippen molar-refractivity contribution in [3.8, 4) is 0 Å². The molecular weight excluding hydrogens is 248 g/mol. The Kier molecular flexibility index (Phi) is 2.67. The Balaban J connectivity index is 1.86. The van der Waals surface area contributed by atoms with E-state index in [9.17, 15) is 0 Å². The predicted molar refractivity (Wildman–Crippen MR) is 70.5 cm³/mol. The molecule has 3 aromatic rings. The van der Waals surface area contributed by atoms with E-state index in [0.717, 1.165) is 21.9 Å². The van der Waals surface area contributed by atoms with Crippen molar-refractivity contribution in [1.82, 2.24) is 24.7 Å². The lowest BCUT2D eigenvalue weighted by atomic mass is 10.3. The Hall–Kier alpha value is -2.02. The summed E-state index contributed by atoms with van der Waals surface area (Å²) in [7, 11) is 1.85. The number of thiophene rings is 1. The van der Waals surface area contributed by atoms with Crippen molar-refractivity contribution < 1.29 is 0 Å². The summed E-state index contributed by atoms with van der Waals surface area (Å²) < 4.78 is 2.76. The third-order valence-electron chi connectivity index (χ3n) is 2.59. The van der Waals surface area contributed by atoms with Crippen molar-refractivity contribution in [3.63, 3.8) is 0 Å². The van der Waals surface area contributed by atoms with Crippen LogP contribution in [0.5, 0.6) is 0 Å². The molecule has 3 rings (SSSR count). The Labute approximate surface area is 108 Å². The minimum Gasteiger partial charge on any atom is -0.361 e. The van der Waals surface area contributed by atoms with Crippen LogP contribution in [0.3, 0.4) is 0 Å². The second kappa shape index (κ2) is 4.34. The van der Waals surface area contributed by atoms with Crippen LogP contribution in [0.4, 0.5) is 5.82 Å². The molecule has 1 N–H and O–H groups in total. The van der Waals surface area contributed by atoms with Crippen LogP contribution in [-0.2, 0) is 13.6 Å². The normalized spacial score (nSPS) is 11.0. The molecule has 3 aromatic heterocycles. The number of aromatic nitrogens is 5. The van der Waals surface area contributed by atoms with Gasteiger partial charge in [0, 0.05) is 7.05 Å². The molecule has 0 aliphatic carbocycles. The summed E-state index contributed by atoms with van der Waals surface area (Å²) in [4.78, 5) is 12.7. The summed E-state index contributed by atoms with van der Waals surface area (Å²) in [5, 5.41) is 9.55. The molecule has 6 nitrogen and oxygen atoms in total. The molecule has 0 radical (unpaired) electrons. The van der Waals surface area contributed by atoms with Gasteiger partial charge in [-0.25, -0.2) is 15.0 Å². The molecule has 0 fully saturated rings. The lowest BCUT2D eigenvalue weighted by molar-refractivity contribution is 0.747. The second-order valence-corrected chi connectivity index (χ2v) is 4.89. The zero-order chi connectivity index (χ0) is 12.5. The van der Waals surface area contributed by atoms with Crippen molar-refractivity contribution in [1.29, 1.82) is 0 Å². The van der Waals surface area contributed by atoms with Crippen molar-refractivity contribution in [2.24, 2.45) is 7.05 Å². The van der Waals surface area contributed by atoms with Gasteiger partial charge < -0.3 is 5.32 Å². The fourth-order valence-corrected chi connectivity index (χ4v) is 2.69. The molecule has 3 heterocycles. The largest absolute Gasteiger partial charge is 0.361 e. The maximum Gasteiger partial charge on any atom is 0.169 e. The standard InChI is InChI=1S/C11H12N6S/c1-7-4-18-10-9(7)13-5-14-11(10)12-3-8-15-6-17(2)16-8/h4-6H,3H2,1-2H3,(H,12,13,14). The first kappa shape index (κ1) is 11.1. The molecule has 0 bridgehead atoms. The van der Waals surface area contributed by atoms with E-state index in [-0.39, 0.29) is 0 Å². The highest BCUT2D eigenvalue weighted by atomic mass is 32.1. The molecule has 7 heteroatoms. The van der Waals surface area contributed by atoms with Gasteiger partial charge in [-0.1, -0.05) is 0 Å². The summed E-state index contributed by atoms with van der Waals surface area (Å²) >= 11 is 1.65. The van der Waals surface area contributed by atoms with Gasteiger partial charge in [0.2, 0.25) is 0 Å². The molecule has 0 aromatic carbocycles. The summed E-state index contributed by atoms with van der Waals surface area (Å²) in [6, 6.07) is 0. The fraction of sp³-hybridized carbons (Fsp3) is 0.273. The van der Waals surface area contributed by atoms with Gasteiger partial charge in [0.1, 0.15) is 18.5 Å². The van der Waals surface area contributed by atoms with Crippen LogP contribution < -0.4 is 5.32 Å². The molecule has 0 atom stereocenters. The highest BCUT2D eigenvalue weighted by Gasteiger charge is 2.08. The van der Waals surface area contributed by atoms with E-state index in [0.29, 0.717) is 6.54 Å². The molecular formula is C11H12N6S. The highest BCUT2D eigenvalue weighted by Crippen LogP contribution is 2.28. The van der Waals surface area contributed by atoms with Crippen LogP contribution >= 0.6 is 11.3 Å². The zero-order valence-corrected chi connectivity index (χ0v) is 10.9. The first-order valence-electron chi connectivity index (χ1n) is 5.51. The van der Waals surface area contributed by atoms with E-state index in [1.165, 1.54) is 5.56 Å². The van der Waals surface area contributed by atoms with Crippen molar-refractivity contribution >= 4 is 27.4 Å². The first-order valence-corrected chi connectivity index (χ1v) is 6.39. The average molecular weight is 260 g/mol. The van der Waals surface area contributed by atoms with Crippen molar-refractivity contribution in [3.05, 3.63) is 29.4 Å². The van der Waals surface area contributed by atoms with Crippen LogP contribution in [-0.4, -0.2) is 24.7 Å². The Morgan fingerprint density at radius 2 is 2.22 bits per heavy atom. The average Bonchev–Trinajstić information content (AvgIpc) is 2.94. The molecule has 0 saturated heterocycles. The van der Waals surface area contributed by atoms with Crippen molar-refractivity contribution in [2.45, 2.75) is 13.5 Å². The van der Waals surface area contributed by atoms with Gasteiger partial charge in [-0.15, -0.1) is 11.3 Å². The number of aryl methyl sites for hydroxylation is 2. The quantitative estimate of drug-likeness (QED) is 0.777. The Morgan fingerprint density at radius 3 is 3.00 bits per heavy atom. The summed E-state index contributed by atoms with van der Waals surface area (Å²) in [5.41, 5.74) is 2.18. The van der Waals surface area contributed by atoms with Gasteiger partial charge >= 0.3 is 0 Å². The maximum atomic E-state index is 4.28. The molecule has 92 valence electrons. The smallest absolute Gasteiger partial charge is 0.169 e. The zero-order valence-electron chi connectivity index (χ0n) is 10.1. The number of nitrogens with zero attached hydrogens (tertiary/aromatic N) is 5. The summed E-state index contributed by atoms with van der Waals surface area (Å²) in [6.07, 6.45) is 3.26. The first-order chi connectivity index (χ1) is 8.74. The number of fused-ring (bicyclic) bond motifs is 1. The summed E-state index contributed by atoms with van der Waals surface area (Å²) in [5.74, 6) is 1.59. The minimum atomic E-state index is 0.559. The van der Waals surface area contributed by atoms with E-state index in [2.05, 4.69) is 37.7 Å². The van der Waals surface area contributed by atoms with E-state index >= 15 is 0 Å². The lowest BCUT2D eigenvalue weighted by Crippen LogP contribution is -2.04. The number of hydrogen-bond acceptors (Lipinski definition) is 6. The molecule has 0 spiro atoms. The molecule has 0 amide bonds. The van der Waals surface area contributed by atoms with Gasteiger partial charge in [-0.3, -0.25) is 4.68 Å². The van der Waals surface area contributed by atoms with Gasteiger partial charge in [-0.05, 0) is 17.9 Å². The van der Waals surface area contributed by atoms with Gasteiger partial charge in [-0.2, -0.15) is 5.10 Å². The number of hydrogen-bond donors (Lipinski definition) is 1. The maximum absolute atomic E-state index is 4.28. The second-order valence-electron chi connectivity index (χ2n) is 4.01. The number of rotatable bonds is 3. The predicted octanol–water partition coefficient (Wildman–Crippen LogP) is 1.74. The topological polar surface area (TPSA) is 68.5 Å². The van der Waals surface area contributed by atoms with Gasteiger partial charge in [0.25, 0.3) is 0 Å². The van der Waals surface area contributed by atoms with Crippen LogP contribution in [0, 0.1) is 6.92 Å².